The van der Waals surface area contributed by atoms with E-state index in [1.807, 2.05) is 36.4 Å². The Hall–Kier alpha value is -2.04. The maximum absolute atomic E-state index is 6.48. The highest BCUT2D eigenvalue weighted by molar-refractivity contribution is 6.31. The molecular weight excluding hydrogens is 346 g/mol. The summed E-state index contributed by atoms with van der Waals surface area (Å²) in [6.07, 6.45) is 2.72. The zero-order valence-corrected chi connectivity index (χ0v) is 15.7. The first kappa shape index (κ1) is 18.7. The normalized spacial score (nSPS) is 17.0. The van der Waals surface area contributed by atoms with Crippen LogP contribution in [0.5, 0.6) is 0 Å². The lowest BCUT2D eigenvalue weighted by molar-refractivity contribution is 0.0531. The molecule has 0 saturated carbocycles. The largest absolute Gasteiger partial charge is 0.381 e. The van der Waals surface area contributed by atoms with Crippen LogP contribution in [0.15, 0.2) is 59.6 Å². The van der Waals surface area contributed by atoms with Crippen molar-refractivity contribution >= 4 is 17.6 Å². The molecule has 0 amide bonds. The molecule has 5 heteroatoms. The van der Waals surface area contributed by atoms with E-state index in [9.17, 15) is 0 Å². The molecule has 0 atom stereocenters. The van der Waals surface area contributed by atoms with Crippen LogP contribution in [0, 0.1) is 0 Å². The van der Waals surface area contributed by atoms with E-state index in [0.29, 0.717) is 12.5 Å². The Kier molecular flexibility index (Phi) is 6.53. The zero-order chi connectivity index (χ0) is 18.2. The Balaban J connectivity index is 1.63. The molecule has 1 aliphatic rings. The van der Waals surface area contributed by atoms with Crippen molar-refractivity contribution in [3.8, 4) is 0 Å². The number of hydrogen-bond donors (Lipinski definition) is 2. The van der Waals surface area contributed by atoms with Crippen LogP contribution in [0.3, 0.4) is 0 Å². The summed E-state index contributed by atoms with van der Waals surface area (Å²) in [5.41, 5.74) is 8.42. The molecule has 0 aromatic heterocycles. The van der Waals surface area contributed by atoms with Crippen molar-refractivity contribution < 1.29 is 4.74 Å². The second kappa shape index (κ2) is 9.06. The summed E-state index contributed by atoms with van der Waals surface area (Å²) in [5.74, 6) is 0.485. The molecule has 0 unspecified atom stereocenters. The van der Waals surface area contributed by atoms with E-state index >= 15 is 0 Å². The van der Waals surface area contributed by atoms with Gasteiger partial charge in [0.05, 0.1) is 6.54 Å². The Morgan fingerprint density at radius 2 is 1.77 bits per heavy atom. The summed E-state index contributed by atoms with van der Waals surface area (Å²) in [5, 5.41) is 4.01. The number of nitrogens with zero attached hydrogens (tertiary/aromatic N) is 1. The maximum Gasteiger partial charge on any atom is 0.188 e. The maximum atomic E-state index is 6.48. The van der Waals surface area contributed by atoms with Gasteiger partial charge in [-0.1, -0.05) is 60.1 Å². The van der Waals surface area contributed by atoms with Crippen LogP contribution in [0.4, 0.5) is 0 Å². The van der Waals surface area contributed by atoms with Crippen molar-refractivity contribution in [3.63, 3.8) is 0 Å². The first-order valence-corrected chi connectivity index (χ1v) is 9.48. The van der Waals surface area contributed by atoms with E-state index in [4.69, 9.17) is 22.1 Å². The number of aliphatic imine (C=N–C) groups is 1. The molecule has 1 saturated heterocycles. The minimum absolute atomic E-state index is 0.109. The minimum atomic E-state index is -0.109. The van der Waals surface area contributed by atoms with Gasteiger partial charge in [0.1, 0.15) is 0 Å². The van der Waals surface area contributed by atoms with E-state index in [0.717, 1.165) is 49.6 Å². The minimum Gasteiger partial charge on any atom is -0.381 e. The third kappa shape index (κ3) is 4.77. The molecule has 4 nitrogen and oxygen atoms in total. The van der Waals surface area contributed by atoms with E-state index < -0.39 is 0 Å². The molecule has 1 heterocycles. The molecule has 2 aromatic carbocycles. The predicted molar refractivity (Wildman–Crippen MR) is 108 cm³/mol. The number of ether oxygens (including phenoxy) is 1. The van der Waals surface area contributed by atoms with Crippen molar-refractivity contribution in [2.75, 3.05) is 26.3 Å². The van der Waals surface area contributed by atoms with Crippen molar-refractivity contribution in [2.45, 2.75) is 24.7 Å². The zero-order valence-electron chi connectivity index (χ0n) is 15.0. The van der Waals surface area contributed by atoms with Gasteiger partial charge in [-0.3, -0.25) is 4.99 Å². The molecule has 1 aliphatic heterocycles. The average molecular weight is 372 g/mol. The van der Waals surface area contributed by atoms with Crippen molar-refractivity contribution in [1.29, 1.82) is 0 Å². The van der Waals surface area contributed by atoms with Crippen LogP contribution in [-0.4, -0.2) is 32.3 Å². The molecule has 138 valence electrons. The van der Waals surface area contributed by atoms with Gasteiger partial charge in [0.15, 0.2) is 5.96 Å². The molecular formula is C21H26ClN3O. The highest BCUT2D eigenvalue weighted by Crippen LogP contribution is 2.38. The Bertz CT molecular complexity index is 727. The topological polar surface area (TPSA) is 59.6 Å². The monoisotopic (exact) mass is 371 g/mol. The van der Waals surface area contributed by atoms with Gasteiger partial charge in [0.2, 0.25) is 0 Å². The number of hydrogen-bond acceptors (Lipinski definition) is 2. The van der Waals surface area contributed by atoms with Crippen LogP contribution in [-0.2, 0) is 16.6 Å². The quantitative estimate of drug-likeness (QED) is 0.603. The van der Waals surface area contributed by atoms with Gasteiger partial charge in [-0.15, -0.1) is 0 Å². The molecule has 2 aromatic rings. The van der Waals surface area contributed by atoms with Gasteiger partial charge in [-0.2, -0.15) is 0 Å². The van der Waals surface area contributed by atoms with Crippen LogP contribution in [0.1, 0.15) is 24.0 Å². The highest BCUT2D eigenvalue weighted by Gasteiger charge is 2.35. The van der Waals surface area contributed by atoms with E-state index in [-0.39, 0.29) is 5.41 Å². The lowest BCUT2D eigenvalue weighted by Gasteiger charge is -2.37. The smallest absolute Gasteiger partial charge is 0.188 e. The third-order valence-corrected chi connectivity index (χ3v) is 5.34. The molecule has 0 aliphatic carbocycles. The van der Waals surface area contributed by atoms with Gasteiger partial charge in [-0.25, -0.2) is 0 Å². The Morgan fingerprint density at radius 1 is 1.08 bits per heavy atom. The summed E-state index contributed by atoms with van der Waals surface area (Å²) >= 11 is 6.48. The summed E-state index contributed by atoms with van der Waals surface area (Å²) in [6.45, 7) is 2.83. The fourth-order valence-corrected chi connectivity index (χ4v) is 3.77. The summed E-state index contributed by atoms with van der Waals surface area (Å²) in [7, 11) is 0. The lowest BCUT2D eigenvalue weighted by atomic mass is 9.74. The first-order valence-electron chi connectivity index (χ1n) is 9.10. The van der Waals surface area contributed by atoms with Gasteiger partial charge < -0.3 is 15.8 Å². The molecule has 3 rings (SSSR count). The average Bonchev–Trinajstić information content (AvgIpc) is 2.68. The molecule has 0 radical (unpaired) electrons. The molecule has 1 fully saturated rings. The van der Waals surface area contributed by atoms with Gasteiger partial charge in [-0.05, 0) is 36.5 Å². The van der Waals surface area contributed by atoms with Crippen molar-refractivity contribution in [3.05, 3.63) is 70.7 Å². The number of benzene rings is 2. The highest BCUT2D eigenvalue weighted by atomic mass is 35.5. The van der Waals surface area contributed by atoms with Gasteiger partial charge in [0.25, 0.3) is 0 Å². The van der Waals surface area contributed by atoms with Crippen LogP contribution in [0.2, 0.25) is 5.02 Å². The van der Waals surface area contributed by atoms with Crippen LogP contribution < -0.4 is 11.1 Å². The second-order valence-corrected chi connectivity index (χ2v) is 7.14. The summed E-state index contributed by atoms with van der Waals surface area (Å²) < 4.78 is 5.57. The Morgan fingerprint density at radius 3 is 2.50 bits per heavy atom. The van der Waals surface area contributed by atoms with E-state index in [1.165, 1.54) is 5.56 Å². The third-order valence-electron chi connectivity index (χ3n) is 5.01. The standard InChI is InChI=1S/C21H26ClN3O/c22-19-9-5-4-8-18(19)21(11-14-26-15-12-21)16-25-20(23)24-13-10-17-6-2-1-3-7-17/h1-9H,10-16H2,(H3,23,24,25). The van der Waals surface area contributed by atoms with Gasteiger partial charge >= 0.3 is 0 Å². The number of rotatable bonds is 6. The first-order chi connectivity index (χ1) is 12.7. The molecule has 0 spiro atoms. The number of halogens is 1. The fraction of sp³-hybridized carbons (Fsp3) is 0.381. The van der Waals surface area contributed by atoms with E-state index in [1.54, 1.807) is 0 Å². The SMILES string of the molecule is NC(=NCC1(c2ccccc2Cl)CCOCC1)NCCc1ccccc1. The predicted octanol–water partition coefficient (Wildman–Crippen LogP) is 3.54. The molecule has 0 bridgehead atoms. The van der Waals surface area contributed by atoms with Crippen LogP contribution in [0.25, 0.3) is 0 Å². The summed E-state index contributed by atoms with van der Waals surface area (Å²) in [6, 6.07) is 18.4. The van der Waals surface area contributed by atoms with Gasteiger partial charge in [0, 0.05) is 30.2 Å². The van der Waals surface area contributed by atoms with Crippen molar-refractivity contribution in [1.82, 2.24) is 5.32 Å². The van der Waals surface area contributed by atoms with E-state index in [2.05, 4.69) is 28.5 Å². The molecule has 3 N–H and O–H groups in total. The summed E-state index contributed by atoms with van der Waals surface area (Å²) in [4.78, 5) is 4.64. The van der Waals surface area contributed by atoms with Crippen molar-refractivity contribution in [2.24, 2.45) is 10.7 Å². The number of guanidine groups is 1. The number of nitrogens with two attached hydrogens (primary N) is 1. The lowest BCUT2D eigenvalue weighted by Crippen LogP contribution is -2.39. The number of nitrogens with one attached hydrogen (secondary N) is 1. The Labute approximate surface area is 160 Å². The fourth-order valence-electron chi connectivity index (χ4n) is 3.44. The van der Waals surface area contributed by atoms with Crippen LogP contribution >= 0.6 is 11.6 Å². The molecule has 26 heavy (non-hydrogen) atoms. The second-order valence-electron chi connectivity index (χ2n) is 6.74.